The van der Waals surface area contributed by atoms with Gasteiger partial charge in [-0.25, -0.2) is 0 Å². The second-order valence-electron chi connectivity index (χ2n) is 9.77. The molecule has 8 aromatic carbocycles. The normalized spacial score (nSPS) is 11.9. The van der Waals surface area contributed by atoms with Crippen LogP contribution in [0, 0.1) is 0 Å². The first-order chi connectivity index (χ1) is 17.8. The summed E-state index contributed by atoms with van der Waals surface area (Å²) in [5.74, 6) is 0. The van der Waals surface area contributed by atoms with E-state index >= 15 is 0 Å². The molecule has 8 aromatic rings. The van der Waals surface area contributed by atoms with E-state index in [1.165, 1.54) is 76.1 Å². The Bertz CT molecular complexity index is 1940. The summed E-state index contributed by atoms with van der Waals surface area (Å²) in [6, 6.07) is 49.2. The summed E-state index contributed by atoms with van der Waals surface area (Å²) >= 11 is 0. The molecule has 166 valence electrons. The highest BCUT2D eigenvalue weighted by Crippen LogP contribution is 2.43. The van der Waals surface area contributed by atoms with Crippen LogP contribution in [0.15, 0.2) is 133 Å². The largest absolute Gasteiger partial charge is 0.0616 e. The Balaban J connectivity index is 1.42. The van der Waals surface area contributed by atoms with Crippen molar-refractivity contribution in [2.45, 2.75) is 0 Å². The van der Waals surface area contributed by atoms with Crippen molar-refractivity contribution in [2.24, 2.45) is 0 Å². The van der Waals surface area contributed by atoms with Gasteiger partial charge in [0.25, 0.3) is 0 Å². The second kappa shape index (κ2) is 7.41. The van der Waals surface area contributed by atoms with E-state index in [-0.39, 0.29) is 0 Å². The van der Waals surface area contributed by atoms with E-state index in [9.17, 15) is 0 Å². The number of benzene rings is 8. The first-order valence-corrected chi connectivity index (χ1v) is 12.5. The fourth-order valence-electron chi connectivity index (χ4n) is 6.02. The summed E-state index contributed by atoms with van der Waals surface area (Å²) in [7, 11) is 0. The fourth-order valence-corrected chi connectivity index (χ4v) is 6.02. The van der Waals surface area contributed by atoms with Crippen LogP contribution in [0.4, 0.5) is 0 Å². The lowest BCUT2D eigenvalue weighted by Crippen LogP contribution is -1.89. The van der Waals surface area contributed by atoms with Crippen LogP contribution < -0.4 is 0 Å². The third-order valence-electron chi connectivity index (χ3n) is 7.79. The van der Waals surface area contributed by atoms with Crippen LogP contribution in [0.3, 0.4) is 0 Å². The smallest absolute Gasteiger partial charge is 0.00203 e. The Morgan fingerprint density at radius 2 is 0.667 bits per heavy atom. The van der Waals surface area contributed by atoms with Gasteiger partial charge in [-0.1, -0.05) is 121 Å². The number of hydrogen-bond donors (Lipinski definition) is 0. The van der Waals surface area contributed by atoms with Gasteiger partial charge in [0.2, 0.25) is 0 Å². The third-order valence-corrected chi connectivity index (χ3v) is 7.79. The lowest BCUT2D eigenvalue weighted by atomic mass is 9.86. The standard InChI is InChI=1S/C36H22/c1-3-7-27-21-29(13-9-23(27)5-1)31-17-15-25-11-12-26-16-18-32(34-20-19-33(31)35(25)36(26)34)30-14-10-24-6-2-4-8-28(24)22-30/h1-22H. The van der Waals surface area contributed by atoms with E-state index in [0.29, 0.717) is 0 Å². The molecule has 0 heteroatoms. The molecule has 0 heterocycles. The molecule has 0 unspecified atom stereocenters. The molecule has 0 atom stereocenters. The predicted molar refractivity (Wildman–Crippen MR) is 156 cm³/mol. The summed E-state index contributed by atoms with van der Waals surface area (Å²) in [5.41, 5.74) is 5.11. The van der Waals surface area contributed by atoms with Gasteiger partial charge in [-0.3, -0.25) is 0 Å². The topological polar surface area (TPSA) is 0 Å². The van der Waals surface area contributed by atoms with Crippen LogP contribution in [0.5, 0.6) is 0 Å². The molecular weight excluding hydrogens is 432 g/mol. The highest BCUT2D eigenvalue weighted by molar-refractivity contribution is 6.27. The lowest BCUT2D eigenvalue weighted by molar-refractivity contribution is 1.68. The molecule has 0 nitrogen and oxygen atoms in total. The Morgan fingerprint density at radius 1 is 0.278 bits per heavy atom. The molecule has 0 radical (unpaired) electrons. The van der Waals surface area contributed by atoms with Gasteiger partial charge >= 0.3 is 0 Å². The maximum atomic E-state index is 2.33. The first-order valence-electron chi connectivity index (χ1n) is 12.5. The number of fused-ring (bicyclic) bond motifs is 2. The Hall–Kier alpha value is -4.68. The van der Waals surface area contributed by atoms with E-state index in [4.69, 9.17) is 0 Å². The monoisotopic (exact) mass is 454 g/mol. The highest BCUT2D eigenvalue weighted by Gasteiger charge is 2.15. The Labute approximate surface area is 209 Å². The third kappa shape index (κ3) is 2.82. The van der Waals surface area contributed by atoms with Crippen molar-refractivity contribution < 1.29 is 0 Å². The quantitative estimate of drug-likeness (QED) is 0.228. The molecule has 0 aliphatic carbocycles. The Kier molecular flexibility index (Phi) is 4.03. The van der Waals surface area contributed by atoms with E-state index in [2.05, 4.69) is 133 Å². The van der Waals surface area contributed by atoms with Crippen molar-refractivity contribution in [3.05, 3.63) is 133 Å². The molecule has 0 fully saturated rings. The molecule has 8 rings (SSSR count). The maximum absolute atomic E-state index is 2.33. The van der Waals surface area contributed by atoms with E-state index in [0.717, 1.165) is 0 Å². The van der Waals surface area contributed by atoms with Crippen molar-refractivity contribution in [3.63, 3.8) is 0 Å². The SMILES string of the molecule is c1ccc2cc(-c3ccc4ccc5ccc(-c6ccc7ccccc7c6)c6ccc3c4c56)ccc2c1. The minimum absolute atomic E-state index is 1.27. The van der Waals surface area contributed by atoms with Crippen LogP contribution >= 0.6 is 0 Å². The highest BCUT2D eigenvalue weighted by atomic mass is 14.2. The zero-order valence-corrected chi connectivity index (χ0v) is 19.7. The van der Waals surface area contributed by atoms with Gasteiger partial charge in [-0.2, -0.15) is 0 Å². The summed E-state index contributed by atoms with van der Waals surface area (Å²) in [6.07, 6.45) is 0. The molecule has 0 saturated heterocycles. The van der Waals surface area contributed by atoms with Crippen molar-refractivity contribution >= 4 is 53.9 Å². The van der Waals surface area contributed by atoms with Gasteiger partial charge in [0.05, 0.1) is 0 Å². The second-order valence-corrected chi connectivity index (χ2v) is 9.77. The molecular formula is C36H22. The minimum atomic E-state index is 1.27. The lowest BCUT2D eigenvalue weighted by Gasteiger charge is -2.17. The van der Waals surface area contributed by atoms with Gasteiger partial charge < -0.3 is 0 Å². The average Bonchev–Trinajstić information content (AvgIpc) is 2.95. The zero-order chi connectivity index (χ0) is 23.6. The first kappa shape index (κ1) is 19.6. The molecule has 0 aromatic heterocycles. The van der Waals surface area contributed by atoms with Crippen molar-refractivity contribution in [1.82, 2.24) is 0 Å². The predicted octanol–water partition coefficient (Wildman–Crippen LogP) is 10.2. The van der Waals surface area contributed by atoms with E-state index in [1.807, 2.05) is 0 Å². The molecule has 0 aliphatic heterocycles. The summed E-state index contributed by atoms with van der Waals surface area (Å²) in [5, 5.41) is 13.0. The van der Waals surface area contributed by atoms with Gasteiger partial charge in [-0.15, -0.1) is 0 Å². The van der Waals surface area contributed by atoms with E-state index in [1.54, 1.807) is 0 Å². The van der Waals surface area contributed by atoms with Crippen LogP contribution in [-0.4, -0.2) is 0 Å². The number of hydrogen-bond acceptors (Lipinski definition) is 0. The van der Waals surface area contributed by atoms with Crippen molar-refractivity contribution in [2.75, 3.05) is 0 Å². The molecule has 0 aliphatic rings. The van der Waals surface area contributed by atoms with Crippen LogP contribution in [0.25, 0.3) is 76.1 Å². The molecule has 0 amide bonds. The van der Waals surface area contributed by atoms with Gasteiger partial charge in [-0.05, 0) is 88.2 Å². The van der Waals surface area contributed by atoms with Crippen LogP contribution in [-0.2, 0) is 0 Å². The summed E-state index contributed by atoms with van der Waals surface area (Å²) in [4.78, 5) is 0. The zero-order valence-electron chi connectivity index (χ0n) is 19.7. The number of rotatable bonds is 2. The summed E-state index contributed by atoms with van der Waals surface area (Å²) < 4.78 is 0. The minimum Gasteiger partial charge on any atom is -0.0616 e. The van der Waals surface area contributed by atoms with Crippen LogP contribution in [0.2, 0.25) is 0 Å². The van der Waals surface area contributed by atoms with Crippen molar-refractivity contribution in [1.29, 1.82) is 0 Å². The molecule has 0 saturated carbocycles. The fraction of sp³-hybridized carbons (Fsp3) is 0. The van der Waals surface area contributed by atoms with Crippen LogP contribution in [0.1, 0.15) is 0 Å². The van der Waals surface area contributed by atoms with Crippen molar-refractivity contribution in [3.8, 4) is 22.3 Å². The Morgan fingerprint density at radius 3 is 1.14 bits per heavy atom. The van der Waals surface area contributed by atoms with Gasteiger partial charge in [0.15, 0.2) is 0 Å². The molecule has 0 bridgehead atoms. The average molecular weight is 455 g/mol. The molecule has 0 N–H and O–H groups in total. The van der Waals surface area contributed by atoms with E-state index < -0.39 is 0 Å². The maximum Gasteiger partial charge on any atom is -0.00203 e. The van der Waals surface area contributed by atoms with Gasteiger partial charge in [0.1, 0.15) is 0 Å². The molecule has 0 spiro atoms. The summed E-state index contributed by atoms with van der Waals surface area (Å²) in [6.45, 7) is 0. The molecule has 36 heavy (non-hydrogen) atoms. The van der Waals surface area contributed by atoms with Gasteiger partial charge in [0, 0.05) is 0 Å².